The van der Waals surface area contributed by atoms with Crippen molar-refractivity contribution in [2.45, 2.75) is 109 Å². The van der Waals surface area contributed by atoms with Crippen molar-refractivity contribution in [2.24, 2.45) is 69.0 Å². The summed E-state index contributed by atoms with van der Waals surface area (Å²) < 4.78 is 0. The molecule has 0 saturated heterocycles. The Hall–Kier alpha value is 0. The van der Waals surface area contributed by atoms with E-state index in [2.05, 4.69) is 83.1 Å². The van der Waals surface area contributed by atoms with Crippen molar-refractivity contribution in [3.63, 3.8) is 0 Å². The molecule has 164 valence electrons. The molecule has 0 heterocycles. The Morgan fingerprint density at radius 1 is 0.821 bits per heavy atom. The highest BCUT2D eigenvalue weighted by atomic mass is 14.7. The maximum absolute atomic E-state index is 2.61. The van der Waals surface area contributed by atoms with Gasteiger partial charge < -0.3 is 0 Å². The first-order valence-electron chi connectivity index (χ1n) is 12.6. The zero-order chi connectivity index (χ0) is 21.4. The van der Waals surface area contributed by atoms with Gasteiger partial charge in [-0.3, -0.25) is 0 Å². The van der Waals surface area contributed by atoms with Gasteiger partial charge in [0.05, 0.1) is 0 Å². The molecule has 0 heteroatoms. The van der Waals surface area contributed by atoms with Crippen molar-refractivity contribution < 1.29 is 0 Å². The highest BCUT2D eigenvalue weighted by Crippen LogP contribution is 2.73. The Labute approximate surface area is 178 Å². The Morgan fingerprint density at radius 2 is 1.36 bits per heavy atom. The molecule has 3 saturated carbocycles. The lowest BCUT2D eigenvalue weighted by Crippen LogP contribution is -2.46. The van der Waals surface area contributed by atoms with E-state index in [4.69, 9.17) is 0 Å². The molecule has 3 rings (SSSR count). The predicted octanol–water partition coefficient (Wildman–Crippen LogP) is 8.70. The van der Waals surface area contributed by atoms with Crippen LogP contribution in [0.3, 0.4) is 0 Å². The average molecular weight is 389 g/mol. The van der Waals surface area contributed by atoms with Crippen molar-refractivity contribution in [3.8, 4) is 0 Å². The fraction of sp³-hybridized carbons (Fsp3) is 1.00. The molecule has 0 amide bonds. The molecule has 7 unspecified atom stereocenters. The molecule has 3 aliphatic rings. The minimum Gasteiger partial charge on any atom is -0.0651 e. The quantitative estimate of drug-likeness (QED) is 0.390. The van der Waals surface area contributed by atoms with Crippen LogP contribution in [-0.4, -0.2) is 0 Å². The number of hydrogen-bond acceptors (Lipinski definition) is 0. The molecule has 0 aromatic rings. The first kappa shape index (κ1) is 22.7. The molecular formula is C28H52. The van der Waals surface area contributed by atoms with Gasteiger partial charge >= 0.3 is 0 Å². The van der Waals surface area contributed by atoms with Gasteiger partial charge in [-0.15, -0.1) is 0 Å². The van der Waals surface area contributed by atoms with Crippen LogP contribution in [0, 0.1) is 69.0 Å². The summed E-state index contributed by atoms with van der Waals surface area (Å²) in [5.74, 6) is 7.41. The Morgan fingerprint density at radius 3 is 1.79 bits per heavy atom. The van der Waals surface area contributed by atoms with Crippen LogP contribution >= 0.6 is 0 Å². The van der Waals surface area contributed by atoms with E-state index in [1.54, 1.807) is 0 Å². The maximum Gasteiger partial charge on any atom is -0.0275 e. The van der Waals surface area contributed by atoms with Crippen molar-refractivity contribution in [3.05, 3.63) is 0 Å². The van der Waals surface area contributed by atoms with Gasteiger partial charge in [-0.25, -0.2) is 0 Å². The molecule has 28 heavy (non-hydrogen) atoms. The average Bonchev–Trinajstić information content (AvgIpc) is 3.23. The fourth-order valence-electron chi connectivity index (χ4n) is 9.04. The lowest BCUT2D eigenvalue weighted by atomic mass is 9.51. The third-order valence-electron chi connectivity index (χ3n) is 10.6. The first-order chi connectivity index (χ1) is 12.6. The summed E-state index contributed by atoms with van der Waals surface area (Å²) in [5.41, 5.74) is 2.11. The SMILES string of the molecule is CCC1C(CC(C)(C)C2C(CC(C)(C)C3CC(C)C3C(C)C)C2(C)C)C1(C)C. The Kier molecular flexibility index (Phi) is 5.47. The molecule has 0 aromatic heterocycles. The van der Waals surface area contributed by atoms with Gasteiger partial charge in [-0.05, 0) is 88.3 Å². The second-order valence-electron chi connectivity index (χ2n) is 14.4. The number of hydrogen-bond donors (Lipinski definition) is 0. The van der Waals surface area contributed by atoms with E-state index in [0.717, 1.165) is 47.3 Å². The summed E-state index contributed by atoms with van der Waals surface area (Å²) in [7, 11) is 0. The Balaban J connectivity index is 1.67. The minimum atomic E-state index is 0.487. The van der Waals surface area contributed by atoms with Gasteiger partial charge in [0.15, 0.2) is 0 Å². The second-order valence-corrected chi connectivity index (χ2v) is 14.4. The largest absolute Gasteiger partial charge is 0.0651 e. The number of rotatable bonds is 8. The fourth-order valence-corrected chi connectivity index (χ4v) is 9.04. The molecule has 0 spiro atoms. The lowest BCUT2D eigenvalue weighted by molar-refractivity contribution is -0.0476. The molecule has 0 bridgehead atoms. The van der Waals surface area contributed by atoms with Crippen molar-refractivity contribution in [1.29, 1.82) is 0 Å². The normalized spacial score (nSPS) is 41.7. The smallest absolute Gasteiger partial charge is 0.0275 e. The highest BCUT2D eigenvalue weighted by molar-refractivity contribution is 5.15. The van der Waals surface area contributed by atoms with Gasteiger partial charge in [-0.1, -0.05) is 89.5 Å². The van der Waals surface area contributed by atoms with Gasteiger partial charge in [0, 0.05) is 0 Å². The van der Waals surface area contributed by atoms with Crippen LogP contribution in [0.25, 0.3) is 0 Å². The molecule has 7 atom stereocenters. The van der Waals surface area contributed by atoms with Gasteiger partial charge in [-0.2, -0.15) is 0 Å². The molecule has 0 radical (unpaired) electrons. The molecule has 3 aliphatic carbocycles. The predicted molar refractivity (Wildman–Crippen MR) is 124 cm³/mol. The zero-order valence-corrected chi connectivity index (χ0v) is 21.4. The summed E-state index contributed by atoms with van der Waals surface area (Å²) >= 11 is 0. The monoisotopic (exact) mass is 388 g/mol. The first-order valence-corrected chi connectivity index (χ1v) is 12.6. The topological polar surface area (TPSA) is 0 Å². The van der Waals surface area contributed by atoms with E-state index in [0.29, 0.717) is 21.7 Å². The summed E-state index contributed by atoms with van der Waals surface area (Å²) in [6.45, 7) is 30.4. The summed E-state index contributed by atoms with van der Waals surface area (Å²) in [4.78, 5) is 0. The standard InChI is InChI=1S/C28H52/c1-13-19-21(27(19,9)10)15-26(7,8)24-22(28(24,11)12)16-25(5,6)20-14-18(4)23(20)17(2)3/h17-24H,13-16H2,1-12H3. The summed E-state index contributed by atoms with van der Waals surface area (Å²) in [5, 5.41) is 0. The molecule has 0 N–H and O–H groups in total. The van der Waals surface area contributed by atoms with E-state index in [-0.39, 0.29) is 0 Å². The lowest BCUT2D eigenvalue weighted by Gasteiger charge is -2.54. The molecule has 3 fully saturated rings. The molecule has 0 aliphatic heterocycles. The van der Waals surface area contributed by atoms with Crippen LogP contribution in [0.15, 0.2) is 0 Å². The van der Waals surface area contributed by atoms with Crippen LogP contribution in [0.1, 0.15) is 109 Å². The van der Waals surface area contributed by atoms with Crippen LogP contribution in [0.2, 0.25) is 0 Å². The van der Waals surface area contributed by atoms with Crippen molar-refractivity contribution >= 4 is 0 Å². The van der Waals surface area contributed by atoms with Crippen molar-refractivity contribution in [2.75, 3.05) is 0 Å². The van der Waals surface area contributed by atoms with E-state index in [1.165, 1.54) is 25.7 Å². The van der Waals surface area contributed by atoms with Gasteiger partial charge in [0.25, 0.3) is 0 Å². The van der Waals surface area contributed by atoms with Gasteiger partial charge in [0.1, 0.15) is 0 Å². The van der Waals surface area contributed by atoms with Gasteiger partial charge in [0.2, 0.25) is 0 Å². The third-order valence-corrected chi connectivity index (χ3v) is 10.6. The Bertz CT molecular complexity index is 570. The van der Waals surface area contributed by atoms with Crippen LogP contribution in [0.4, 0.5) is 0 Å². The minimum absolute atomic E-state index is 0.487. The molecule has 0 nitrogen and oxygen atoms in total. The van der Waals surface area contributed by atoms with Crippen LogP contribution in [0.5, 0.6) is 0 Å². The molecule has 0 aromatic carbocycles. The van der Waals surface area contributed by atoms with Crippen LogP contribution < -0.4 is 0 Å². The summed E-state index contributed by atoms with van der Waals surface area (Å²) in [6.07, 6.45) is 5.72. The maximum atomic E-state index is 2.61. The molecular weight excluding hydrogens is 336 g/mol. The van der Waals surface area contributed by atoms with E-state index >= 15 is 0 Å². The van der Waals surface area contributed by atoms with E-state index in [9.17, 15) is 0 Å². The van der Waals surface area contributed by atoms with E-state index in [1.807, 2.05) is 0 Å². The highest BCUT2D eigenvalue weighted by Gasteiger charge is 2.67. The third kappa shape index (κ3) is 3.51. The summed E-state index contributed by atoms with van der Waals surface area (Å²) in [6, 6.07) is 0. The second kappa shape index (κ2) is 6.75. The van der Waals surface area contributed by atoms with E-state index < -0.39 is 0 Å². The van der Waals surface area contributed by atoms with Crippen LogP contribution in [-0.2, 0) is 0 Å². The zero-order valence-electron chi connectivity index (χ0n) is 21.4. The van der Waals surface area contributed by atoms with Crippen molar-refractivity contribution in [1.82, 2.24) is 0 Å².